The highest BCUT2D eigenvalue weighted by molar-refractivity contribution is 5.44. The van der Waals surface area contributed by atoms with Crippen molar-refractivity contribution < 1.29 is 13.9 Å². The summed E-state index contributed by atoms with van der Waals surface area (Å²) in [5.41, 5.74) is 0.940. The predicted octanol–water partition coefficient (Wildman–Crippen LogP) is 2.33. The van der Waals surface area contributed by atoms with Crippen molar-refractivity contribution in [3.63, 3.8) is 0 Å². The summed E-state index contributed by atoms with van der Waals surface area (Å²) in [6, 6.07) is 5.76. The molecule has 1 spiro atoms. The number of aryl methyl sites for hydroxylation is 1. The van der Waals surface area contributed by atoms with Gasteiger partial charge in [-0.15, -0.1) is 0 Å². The summed E-state index contributed by atoms with van der Waals surface area (Å²) in [4.78, 5) is 11.4. The van der Waals surface area contributed by atoms with E-state index in [4.69, 9.17) is 13.9 Å². The number of hydrogen-bond donors (Lipinski definition) is 1. The first-order valence-corrected chi connectivity index (χ1v) is 8.37. The molecule has 0 saturated carbocycles. The van der Waals surface area contributed by atoms with Gasteiger partial charge in [0.05, 0.1) is 26.0 Å². The van der Waals surface area contributed by atoms with E-state index in [1.807, 2.05) is 25.1 Å². The van der Waals surface area contributed by atoms with Gasteiger partial charge in [0.15, 0.2) is 5.79 Å². The summed E-state index contributed by atoms with van der Waals surface area (Å²) in [5, 5.41) is 3.30. The lowest BCUT2D eigenvalue weighted by atomic mass is 10.0. The number of piperidine rings is 1. The second kappa shape index (κ2) is 6.41. The maximum absolute atomic E-state index is 5.78. The van der Waals surface area contributed by atoms with Crippen LogP contribution in [-0.2, 0) is 16.0 Å². The number of nitrogens with zero attached hydrogens (tertiary/aromatic N) is 3. The Morgan fingerprint density at radius 3 is 2.71 bits per heavy atom. The Labute approximate surface area is 141 Å². The number of nitrogens with one attached hydrogen (secondary N) is 1. The average molecular weight is 330 g/mol. The molecule has 2 aromatic rings. The Bertz CT molecular complexity index is 673. The van der Waals surface area contributed by atoms with E-state index in [2.05, 4.69) is 20.2 Å². The van der Waals surface area contributed by atoms with Crippen LogP contribution in [-0.4, -0.2) is 42.1 Å². The molecule has 0 aromatic carbocycles. The molecular formula is C17H22N4O3. The normalized spacial score (nSPS) is 19.8. The molecule has 1 N–H and O–H groups in total. The van der Waals surface area contributed by atoms with Crippen LogP contribution in [0.5, 0.6) is 0 Å². The molecule has 128 valence electrons. The third kappa shape index (κ3) is 3.22. The molecule has 0 atom stereocenters. The lowest BCUT2D eigenvalue weighted by Gasteiger charge is -2.37. The van der Waals surface area contributed by atoms with E-state index in [0.717, 1.165) is 49.2 Å². The largest absolute Gasteiger partial charge is 0.467 e. The topological polar surface area (TPSA) is 72.7 Å². The Hall–Kier alpha value is -2.12. The third-order valence-corrected chi connectivity index (χ3v) is 4.49. The molecule has 0 amide bonds. The third-order valence-electron chi connectivity index (χ3n) is 4.49. The zero-order valence-electron chi connectivity index (χ0n) is 13.8. The van der Waals surface area contributed by atoms with E-state index in [9.17, 15) is 0 Å². The van der Waals surface area contributed by atoms with Crippen LogP contribution in [0.2, 0.25) is 0 Å². The Morgan fingerprint density at radius 2 is 2.00 bits per heavy atom. The van der Waals surface area contributed by atoms with Crippen LogP contribution in [0.3, 0.4) is 0 Å². The summed E-state index contributed by atoms with van der Waals surface area (Å²) >= 11 is 0. The molecule has 0 bridgehead atoms. The maximum atomic E-state index is 5.78. The van der Waals surface area contributed by atoms with Gasteiger partial charge in [-0.2, -0.15) is 4.98 Å². The van der Waals surface area contributed by atoms with E-state index in [0.29, 0.717) is 19.8 Å². The summed E-state index contributed by atoms with van der Waals surface area (Å²) < 4.78 is 16.9. The van der Waals surface area contributed by atoms with Gasteiger partial charge in [-0.3, -0.25) is 0 Å². The summed E-state index contributed by atoms with van der Waals surface area (Å²) in [5.74, 6) is 2.07. The lowest BCUT2D eigenvalue weighted by molar-refractivity contribution is -0.169. The van der Waals surface area contributed by atoms with Gasteiger partial charge < -0.3 is 24.1 Å². The van der Waals surface area contributed by atoms with E-state index in [1.54, 1.807) is 6.26 Å². The van der Waals surface area contributed by atoms with Crippen LogP contribution in [0.1, 0.15) is 24.3 Å². The Balaban J connectivity index is 1.43. The van der Waals surface area contributed by atoms with Crippen LogP contribution in [0.15, 0.2) is 28.9 Å². The highest BCUT2D eigenvalue weighted by Crippen LogP contribution is 2.32. The minimum Gasteiger partial charge on any atom is -0.467 e. The summed E-state index contributed by atoms with van der Waals surface area (Å²) in [7, 11) is 0. The zero-order valence-corrected chi connectivity index (χ0v) is 13.8. The number of ether oxygens (including phenoxy) is 2. The van der Waals surface area contributed by atoms with Crippen molar-refractivity contribution in [3.8, 4) is 0 Å². The number of rotatable bonds is 4. The zero-order chi connectivity index (χ0) is 16.4. The fraction of sp³-hybridized carbons (Fsp3) is 0.529. The van der Waals surface area contributed by atoms with Crippen molar-refractivity contribution in [3.05, 3.63) is 35.9 Å². The van der Waals surface area contributed by atoms with Gasteiger partial charge in [-0.05, 0) is 19.1 Å². The fourth-order valence-electron chi connectivity index (χ4n) is 3.21. The van der Waals surface area contributed by atoms with E-state index in [-0.39, 0.29) is 5.79 Å². The molecule has 7 heteroatoms. The molecule has 2 saturated heterocycles. The van der Waals surface area contributed by atoms with Gasteiger partial charge in [0.2, 0.25) is 5.95 Å². The van der Waals surface area contributed by atoms with Crippen molar-refractivity contribution in [2.75, 3.05) is 36.5 Å². The average Bonchev–Trinajstić information content (AvgIpc) is 3.26. The lowest BCUT2D eigenvalue weighted by Crippen LogP contribution is -2.45. The first-order chi connectivity index (χ1) is 11.7. The first kappa shape index (κ1) is 15.4. The van der Waals surface area contributed by atoms with Crippen LogP contribution in [0.4, 0.5) is 11.8 Å². The molecule has 24 heavy (non-hydrogen) atoms. The van der Waals surface area contributed by atoms with E-state index >= 15 is 0 Å². The molecule has 0 aliphatic carbocycles. The second-order valence-electron chi connectivity index (χ2n) is 6.22. The molecule has 4 rings (SSSR count). The fourth-order valence-corrected chi connectivity index (χ4v) is 3.21. The minimum atomic E-state index is -0.374. The number of aromatic nitrogens is 2. The summed E-state index contributed by atoms with van der Waals surface area (Å²) in [6.45, 7) is 5.65. The number of anilines is 2. The van der Waals surface area contributed by atoms with E-state index in [1.165, 1.54) is 0 Å². The van der Waals surface area contributed by atoms with Gasteiger partial charge in [-0.25, -0.2) is 4.98 Å². The molecule has 0 radical (unpaired) electrons. The summed E-state index contributed by atoms with van der Waals surface area (Å²) in [6.07, 6.45) is 3.36. The quantitative estimate of drug-likeness (QED) is 0.922. The number of hydrogen-bond acceptors (Lipinski definition) is 7. The standard InChI is InChI=1S/C17H22N4O3/c1-13-11-15(18-12-14-3-2-8-22-14)20-16(19-13)21-6-4-17(5-7-21)23-9-10-24-17/h2-3,8,11H,4-7,9-10,12H2,1H3,(H,18,19,20). The van der Waals surface area contributed by atoms with E-state index < -0.39 is 0 Å². The Kier molecular flexibility index (Phi) is 4.12. The van der Waals surface area contributed by atoms with Gasteiger partial charge in [0.1, 0.15) is 11.6 Å². The van der Waals surface area contributed by atoms with Crippen LogP contribution >= 0.6 is 0 Å². The number of furan rings is 1. The molecule has 7 nitrogen and oxygen atoms in total. The highest BCUT2D eigenvalue weighted by Gasteiger charge is 2.40. The Morgan fingerprint density at radius 1 is 1.21 bits per heavy atom. The molecule has 4 heterocycles. The first-order valence-electron chi connectivity index (χ1n) is 8.37. The molecule has 2 aromatic heterocycles. The second-order valence-corrected chi connectivity index (χ2v) is 6.22. The van der Waals surface area contributed by atoms with Crippen LogP contribution < -0.4 is 10.2 Å². The minimum absolute atomic E-state index is 0.374. The van der Waals surface area contributed by atoms with Gasteiger partial charge in [0, 0.05) is 37.7 Å². The van der Waals surface area contributed by atoms with Gasteiger partial charge in [-0.1, -0.05) is 0 Å². The van der Waals surface area contributed by atoms with Crippen LogP contribution in [0.25, 0.3) is 0 Å². The van der Waals surface area contributed by atoms with Gasteiger partial charge in [0.25, 0.3) is 0 Å². The predicted molar refractivity (Wildman–Crippen MR) is 88.9 cm³/mol. The highest BCUT2D eigenvalue weighted by atomic mass is 16.7. The molecule has 0 unspecified atom stereocenters. The van der Waals surface area contributed by atoms with Crippen molar-refractivity contribution in [1.82, 2.24) is 9.97 Å². The van der Waals surface area contributed by atoms with Crippen molar-refractivity contribution in [2.45, 2.75) is 32.1 Å². The van der Waals surface area contributed by atoms with Crippen molar-refractivity contribution in [2.24, 2.45) is 0 Å². The molecule has 2 aliphatic heterocycles. The molecular weight excluding hydrogens is 308 g/mol. The van der Waals surface area contributed by atoms with Crippen molar-refractivity contribution in [1.29, 1.82) is 0 Å². The monoisotopic (exact) mass is 330 g/mol. The van der Waals surface area contributed by atoms with Gasteiger partial charge >= 0.3 is 0 Å². The SMILES string of the molecule is Cc1cc(NCc2ccco2)nc(N2CCC3(CC2)OCCO3)n1. The smallest absolute Gasteiger partial charge is 0.227 e. The van der Waals surface area contributed by atoms with Crippen molar-refractivity contribution >= 4 is 11.8 Å². The van der Waals surface area contributed by atoms with Crippen LogP contribution in [0, 0.1) is 6.92 Å². The molecule has 2 aliphatic rings. The molecule has 2 fully saturated rings. The maximum Gasteiger partial charge on any atom is 0.227 e.